The molecule has 6 heteroatoms. The summed E-state index contributed by atoms with van der Waals surface area (Å²) in [4.78, 5) is 3.97. The van der Waals surface area contributed by atoms with E-state index in [1.165, 1.54) is 30.3 Å². The lowest BCUT2D eigenvalue weighted by atomic mass is 10.1. The van der Waals surface area contributed by atoms with Crippen LogP contribution in [0.15, 0.2) is 18.5 Å². The van der Waals surface area contributed by atoms with E-state index in [4.69, 9.17) is 10.5 Å². The molecule has 0 saturated heterocycles. The second-order valence-electron chi connectivity index (χ2n) is 3.29. The van der Waals surface area contributed by atoms with E-state index >= 15 is 0 Å². The highest BCUT2D eigenvalue weighted by Gasteiger charge is 2.18. The fraction of sp³-hybridized carbons (Fsp3) is 0.200. The van der Waals surface area contributed by atoms with Crippen LogP contribution in [0, 0.1) is 5.82 Å². The first-order valence-electron chi connectivity index (χ1n) is 4.61. The molecule has 0 aliphatic rings. The summed E-state index contributed by atoms with van der Waals surface area (Å²) in [5.74, 6) is 0.0487. The van der Waals surface area contributed by atoms with Crippen LogP contribution in [0.3, 0.4) is 0 Å². The number of nitrogen functional groups attached to an aromatic ring is 1. The Morgan fingerprint density at radius 2 is 2.19 bits per heavy atom. The van der Waals surface area contributed by atoms with Gasteiger partial charge in [-0.1, -0.05) is 0 Å². The molecule has 2 rings (SSSR count). The summed E-state index contributed by atoms with van der Waals surface area (Å²) >= 11 is 0. The molecule has 0 saturated carbocycles. The maximum Gasteiger partial charge on any atom is 0.187 e. The topological polar surface area (TPSA) is 66.0 Å². The van der Waals surface area contributed by atoms with Gasteiger partial charge in [0.2, 0.25) is 0 Å². The summed E-state index contributed by atoms with van der Waals surface area (Å²) < 4.78 is 20.2. The molecule has 2 N–H and O–H groups in total. The van der Waals surface area contributed by atoms with Gasteiger partial charge in [0, 0.05) is 7.05 Å². The SMILES string of the molecule is COc1c(N)ccc(F)c1-c1ncn(C)n1. The van der Waals surface area contributed by atoms with Gasteiger partial charge in [-0.05, 0) is 12.1 Å². The molecule has 16 heavy (non-hydrogen) atoms. The number of nitrogens with two attached hydrogens (primary N) is 1. The van der Waals surface area contributed by atoms with Gasteiger partial charge in [-0.3, -0.25) is 4.68 Å². The minimum Gasteiger partial charge on any atom is -0.494 e. The Bertz CT molecular complexity index is 524. The molecule has 0 atom stereocenters. The van der Waals surface area contributed by atoms with Crippen molar-refractivity contribution in [3.05, 3.63) is 24.3 Å². The van der Waals surface area contributed by atoms with Gasteiger partial charge in [-0.15, -0.1) is 0 Å². The summed E-state index contributed by atoms with van der Waals surface area (Å²) in [5.41, 5.74) is 6.23. The molecular formula is C10H11FN4O. The van der Waals surface area contributed by atoms with Gasteiger partial charge in [0.25, 0.3) is 0 Å². The number of anilines is 1. The summed E-state index contributed by atoms with van der Waals surface area (Å²) in [6.07, 6.45) is 1.48. The van der Waals surface area contributed by atoms with Gasteiger partial charge >= 0.3 is 0 Å². The van der Waals surface area contributed by atoms with E-state index in [0.717, 1.165) is 0 Å². The molecule has 1 aromatic heterocycles. The molecule has 2 aromatic rings. The number of nitrogens with zero attached hydrogens (tertiary/aromatic N) is 3. The van der Waals surface area contributed by atoms with Crippen LogP contribution in [0.4, 0.5) is 10.1 Å². The molecule has 0 unspecified atom stereocenters. The first-order valence-corrected chi connectivity index (χ1v) is 4.61. The quantitative estimate of drug-likeness (QED) is 0.775. The average molecular weight is 222 g/mol. The van der Waals surface area contributed by atoms with E-state index in [-0.39, 0.29) is 17.1 Å². The first-order chi connectivity index (χ1) is 7.63. The third-order valence-electron chi connectivity index (χ3n) is 2.16. The number of benzene rings is 1. The third kappa shape index (κ3) is 1.58. The first kappa shape index (κ1) is 10.4. The van der Waals surface area contributed by atoms with Crippen molar-refractivity contribution in [1.29, 1.82) is 0 Å². The number of methoxy groups -OCH3 is 1. The monoisotopic (exact) mass is 222 g/mol. The maximum absolute atomic E-state index is 13.7. The van der Waals surface area contributed by atoms with Gasteiger partial charge in [0.15, 0.2) is 11.6 Å². The van der Waals surface area contributed by atoms with Gasteiger partial charge in [0.05, 0.1) is 12.8 Å². The van der Waals surface area contributed by atoms with Crippen LogP contribution in [0.2, 0.25) is 0 Å². The van der Waals surface area contributed by atoms with E-state index < -0.39 is 5.82 Å². The van der Waals surface area contributed by atoms with Crippen molar-refractivity contribution >= 4 is 5.69 Å². The fourth-order valence-electron chi connectivity index (χ4n) is 1.46. The number of rotatable bonds is 2. The van der Waals surface area contributed by atoms with Gasteiger partial charge in [-0.25, -0.2) is 9.37 Å². The van der Waals surface area contributed by atoms with Crippen molar-refractivity contribution in [2.45, 2.75) is 0 Å². The zero-order valence-corrected chi connectivity index (χ0v) is 8.94. The highest BCUT2D eigenvalue weighted by Crippen LogP contribution is 2.34. The number of hydrogen-bond donors (Lipinski definition) is 1. The minimum absolute atomic E-state index is 0.183. The van der Waals surface area contributed by atoms with Gasteiger partial charge in [-0.2, -0.15) is 5.10 Å². The van der Waals surface area contributed by atoms with E-state index in [2.05, 4.69) is 10.1 Å². The lowest BCUT2D eigenvalue weighted by Crippen LogP contribution is -1.99. The molecule has 0 aliphatic carbocycles. The maximum atomic E-state index is 13.7. The van der Waals surface area contributed by atoms with Crippen LogP contribution >= 0.6 is 0 Å². The summed E-state index contributed by atoms with van der Waals surface area (Å²) in [6, 6.07) is 2.71. The molecule has 0 fully saturated rings. The molecule has 5 nitrogen and oxygen atoms in total. The molecule has 0 spiro atoms. The molecule has 0 amide bonds. The molecule has 1 aromatic carbocycles. The standard InChI is InChI=1S/C10H11FN4O/c1-15-5-13-10(14-15)8-6(11)3-4-7(12)9(8)16-2/h3-5H,12H2,1-2H3. The number of halogens is 1. The number of aromatic nitrogens is 3. The zero-order chi connectivity index (χ0) is 11.7. The lowest BCUT2D eigenvalue weighted by Gasteiger charge is -2.09. The van der Waals surface area contributed by atoms with Crippen LogP contribution in [0.1, 0.15) is 0 Å². The Morgan fingerprint density at radius 3 is 2.75 bits per heavy atom. The van der Waals surface area contributed by atoms with Crippen LogP contribution in [-0.4, -0.2) is 21.9 Å². The Kier molecular flexibility index (Phi) is 2.47. The van der Waals surface area contributed by atoms with E-state index in [9.17, 15) is 4.39 Å². The minimum atomic E-state index is -0.461. The summed E-state index contributed by atoms with van der Waals surface area (Å²) in [7, 11) is 3.13. The van der Waals surface area contributed by atoms with E-state index in [1.54, 1.807) is 7.05 Å². The largest absolute Gasteiger partial charge is 0.494 e. The average Bonchev–Trinajstić information content (AvgIpc) is 2.67. The van der Waals surface area contributed by atoms with Crippen LogP contribution in [0.5, 0.6) is 5.75 Å². The normalized spacial score (nSPS) is 10.4. The lowest BCUT2D eigenvalue weighted by molar-refractivity contribution is 0.415. The fourth-order valence-corrected chi connectivity index (χ4v) is 1.46. The summed E-state index contributed by atoms with van der Waals surface area (Å²) in [5, 5.41) is 4.02. The van der Waals surface area contributed by atoms with Crippen molar-refractivity contribution < 1.29 is 9.13 Å². The second kappa shape index (κ2) is 3.80. The highest BCUT2D eigenvalue weighted by atomic mass is 19.1. The van der Waals surface area contributed by atoms with Gasteiger partial charge in [0.1, 0.15) is 17.7 Å². The van der Waals surface area contributed by atoms with Crippen molar-refractivity contribution in [2.24, 2.45) is 7.05 Å². The van der Waals surface area contributed by atoms with Crippen molar-refractivity contribution in [1.82, 2.24) is 14.8 Å². The van der Waals surface area contributed by atoms with E-state index in [0.29, 0.717) is 5.69 Å². The number of ether oxygens (including phenoxy) is 1. The number of aryl methyl sites for hydroxylation is 1. The Labute approximate surface area is 91.7 Å². The molecule has 0 bridgehead atoms. The van der Waals surface area contributed by atoms with Crippen molar-refractivity contribution in [2.75, 3.05) is 12.8 Å². The molecule has 0 radical (unpaired) electrons. The Hall–Kier alpha value is -2.11. The van der Waals surface area contributed by atoms with Crippen molar-refractivity contribution in [3.63, 3.8) is 0 Å². The zero-order valence-electron chi connectivity index (χ0n) is 8.94. The molecule has 84 valence electrons. The van der Waals surface area contributed by atoms with Crippen LogP contribution < -0.4 is 10.5 Å². The molecule has 1 heterocycles. The van der Waals surface area contributed by atoms with E-state index in [1.807, 2.05) is 0 Å². The van der Waals surface area contributed by atoms with Crippen molar-refractivity contribution in [3.8, 4) is 17.1 Å². The highest BCUT2D eigenvalue weighted by molar-refractivity contribution is 5.73. The van der Waals surface area contributed by atoms with Gasteiger partial charge < -0.3 is 10.5 Å². The molecular weight excluding hydrogens is 211 g/mol. The molecule has 0 aliphatic heterocycles. The second-order valence-corrected chi connectivity index (χ2v) is 3.29. The Balaban J connectivity index is 2.67. The third-order valence-corrected chi connectivity index (χ3v) is 2.16. The smallest absolute Gasteiger partial charge is 0.187 e. The number of hydrogen-bond acceptors (Lipinski definition) is 4. The van der Waals surface area contributed by atoms with Crippen LogP contribution in [-0.2, 0) is 7.05 Å². The van der Waals surface area contributed by atoms with Crippen LogP contribution in [0.25, 0.3) is 11.4 Å². The predicted molar refractivity (Wildman–Crippen MR) is 57.4 cm³/mol. The Morgan fingerprint density at radius 1 is 1.44 bits per heavy atom. The predicted octanol–water partition coefficient (Wildman–Crippen LogP) is 1.21. The summed E-state index contributed by atoms with van der Waals surface area (Å²) in [6.45, 7) is 0.